The van der Waals surface area contributed by atoms with Crippen LogP contribution >= 0.6 is 23.4 Å². The molecule has 0 atom stereocenters. The number of hydrogen-bond donors (Lipinski definition) is 3. The van der Waals surface area contributed by atoms with Crippen LogP contribution in [0, 0.1) is 0 Å². The highest BCUT2D eigenvalue weighted by Crippen LogP contribution is 2.29. The van der Waals surface area contributed by atoms with Crippen LogP contribution < -0.4 is 10.6 Å². The summed E-state index contributed by atoms with van der Waals surface area (Å²) in [4.78, 5) is 22.2. The van der Waals surface area contributed by atoms with Gasteiger partial charge in [-0.25, -0.2) is 9.59 Å². The molecule has 0 radical (unpaired) electrons. The van der Waals surface area contributed by atoms with Crippen molar-refractivity contribution in [2.45, 2.75) is 5.51 Å². The zero-order chi connectivity index (χ0) is 16.0. The summed E-state index contributed by atoms with van der Waals surface area (Å²) in [6.45, 7) is -0.192. The van der Waals surface area contributed by atoms with Crippen LogP contribution in [0.1, 0.15) is 10.4 Å². The third kappa shape index (κ3) is 7.09. The number of anilines is 1. The Morgan fingerprint density at radius 2 is 1.95 bits per heavy atom. The molecule has 0 aliphatic rings. The first-order valence-corrected chi connectivity index (χ1v) is 6.83. The van der Waals surface area contributed by atoms with Gasteiger partial charge in [0.15, 0.2) is 0 Å². The van der Waals surface area contributed by atoms with Crippen molar-refractivity contribution in [2.75, 3.05) is 17.6 Å². The first kappa shape index (κ1) is 17.4. The number of rotatable bonds is 5. The van der Waals surface area contributed by atoms with Gasteiger partial charge in [0.05, 0.1) is 5.56 Å². The standard InChI is InChI=1S/C11H10ClF3N2O3S/c12-7-3-6(9(18)19)4-8(5-7)17-10(20)16-1-2-21-11(13,14)15/h3-5H,1-2H2,(H,18,19)(H2,16,17,20). The lowest BCUT2D eigenvalue weighted by molar-refractivity contribution is -0.0327. The van der Waals surface area contributed by atoms with Gasteiger partial charge in [0.1, 0.15) is 0 Å². The average Bonchev–Trinajstić information content (AvgIpc) is 2.32. The number of carbonyl (C=O) groups is 2. The third-order valence-corrected chi connectivity index (χ3v) is 3.01. The molecule has 1 aromatic rings. The van der Waals surface area contributed by atoms with Crippen LogP contribution in [0.5, 0.6) is 0 Å². The van der Waals surface area contributed by atoms with Crippen molar-refractivity contribution < 1.29 is 27.9 Å². The maximum absolute atomic E-state index is 11.9. The van der Waals surface area contributed by atoms with Crippen LogP contribution in [0.15, 0.2) is 18.2 Å². The molecule has 5 nitrogen and oxygen atoms in total. The molecule has 0 bridgehead atoms. The second-order valence-electron chi connectivity index (χ2n) is 3.71. The number of carboxylic acids is 1. The van der Waals surface area contributed by atoms with Crippen molar-refractivity contribution >= 4 is 41.1 Å². The van der Waals surface area contributed by atoms with Crippen molar-refractivity contribution in [3.8, 4) is 0 Å². The van der Waals surface area contributed by atoms with E-state index < -0.39 is 17.5 Å². The van der Waals surface area contributed by atoms with Crippen LogP contribution in [-0.2, 0) is 0 Å². The summed E-state index contributed by atoms with van der Waals surface area (Å²) < 4.78 is 35.6. The monoisotopic (exact) mass is 342 g/mol. The van der Waals surface area contributed by atoms with Gasteiger partial charge >= 0.3 is 17.5 Å². The second-order valence-corrected chi connectivity index (χ2v) is 5.31. The van der Waals surface area contributed by atoms with Crippen molar-refractivity contribution in [2.24, 2.45) is 0 Å². The van der Waals surface area contributed by atoms with Crippen LogP contribution in [0.2, 0.25) is 5.02 Å². The molecular formula is C11H10ClF3N2O3S. The molecule has 0 spiro atoms. The second kappa shape index (κ2) is 7.41. The Bertz CT molecular complexity index is 540. The van der Waals surface area contributed by atoms with Crippen molar-refractivity contribution in [1.29, 1.82) is 0 Å². The van der Waals surface area contributed by atoms with Gasteiger partial charge in [0, 0.05) is 23.0 Å². The van der Waals surface area contributed by atoms with Crippen molar-refractivity contribution in [1.82, 2.24) is 5.32 Å². The molecule has 0 saturated heterocycles. The van der Waals surface area contributed by atoms with Gasteiger partial charge in [-0.05, 0) is 30.0 Å². The largest absolute Gasteiger partial charge is 0.478 e. The van der Waals surface area contributed by atoms with Gasteiger partial charge in [-0.2, -0.15) is 13.2 Å². The van der Waals surface area contributed by atoms with Gasteiger partial charge < -0.3 is 15.7 Å². The molecule has 21 heavy (non-hydrogen) atoms. The lowest BCUT2D eigenvalue weighted by Gasteiger charge is -2.09. The number of aromatic carboxylic acids is 1. The van der Waals surface area contributed by atoms with Gasteiger partial charge in [-0.15, -0.1) is 0 Å². The minimum absolute atomic E-state index is 0.109. The summed E-state index contributed by atoms with van der Waals surface area (Å²) in [7, 11) is 0. The predicted octanol–water partition coefficient (Wildman–Crippen LogP) is 3.41. The molecule has 0 aromatic heterocycles. The number of alkyl halides is 3. The van der Waals surface area contributed by atoms with Gasteiger partial charge in [-0.1, -0.05) is 11.6 Å². The number of urea groups is 1. The first-order chi connectivity index (χ1) is 9.67. The lowest BCUT2D eigenvalue weighted by Crippen LogP contribution is -2.31. The number of thioether (sulfide) groups is 1. The molecule has 0 aliphatic carbocycles. The highest BCUT2D eigenvalue weighted by molar-refractivity contribution is 8.00. The lowest BCUT2D eigenvalue weighted by atomic mass is 10.2. The Labute approximate surface area is 126 Å². The summed E-state index contributed by atoms with van der Waals surface area (Å²) in [5.74, 6) is -1.55. The van der Waals surface area contributed by atoms with Crippen LogP contribution in [0.25, 0.3) is 0 Å². The summed E-state index contributed by atoms with van der Waals surface area (Å²) in [5.41, 5.74) is -4.34. The van der Waals surface area contributed by atoms with E-state index in [1.165, 1.54) is 18.2 Å². The summed E-state index contributed by atoms with van der Waals surface area (Å²) in [6, 6.07) is 2.94. The van der Waals surface area contributed by atoms with E-state index in [1.54, 1.807) is 0 Å². The van der Waals surface area contributed by atoms with E-state index >= 15 is 0 Å². The highest BCUT2D eigenvalue weighted by Gasteiger charge is 2.27. The Hall–Kier alpha value is -1.61. The fourth-order valence-electron chi connectivity index (χ4n) is 1.29. The van der Waals surface area contributed by atoms with E-state index in [2.05, 4.69) is 10.6 Å². The number of carbonyl (C=O) groups excluding carboxylic acids is 1. The van der Waals surface area contributed by atoms with Gasteiger partial charge in [-0.3, -0.25) is 0 Å². The predicted molar refractivity (Wildman–Crippen MR) is 73.9 cm³/mol. The van der Waals surface area contributed by atoms with E-state index in [0.29, 0.717) is 0 Å². The van der Waals surface area contributed by atoms with E-state index in [-0.39, 0.29) is 40.3 Å². The molecule has 0 saturated carbocycles. The fourth-order valence-corrected chi connectivity index (χ4v) is 1.96. The first-order valence-electron chi connectivity index (χ1n) is 5.47. The smallest absolute Gasteiger partial charge is 0.441 e. The number of halogens is 4. The summed E-state index contributed by atoms with van der Waals surface area (Å²) >= 11 is 5.44. The molecule has 3 N–H and O–H groups in total. The molecule has 0 aliphatic heterocycles. The minimum atomic E-state index is -4.35. The topological polar surface area (TPSA) is 78.4 Å². The summed E-state index contributed by atoms with van der Waals surface area (Å²) in [6.07, 6.45) is 0. The van der Waals surface area contributed by atoms with Gasteiger partial charge in [0.2, 0.25) is 0 Å². The summed E-state index contributed by atoms with van der Waals surface area (Å²) in [5, 5.41) is 13.4. The maximum Gasteiger partial charge on any atom is 0.441 e. The maximum atomic E-state index is 11.9. The zero-order valence-corrected chi connectivity index (χ0v) is 11.9. The number of nitrogens with one attached hydrogen (secondary N) is 2. The molecule has 0 heterocycles. The molecule has 0 unspecified atom stereocenters. The van der Waals surface area contributed by atoms with E-state index in [9.17, 15) is 22.8 Å². The number of hydrogen-bond acceptors (Lipinski definition) is 3. The fraction of sp³-hybridized carbons (Fsp3) is 0.273. The molecule has 10 heteroatoms. The zero-order valence-electron chi connectivity index (χ0n) is 10.3. The van der Waals surface area contributed by atoms with Crippen LogP contribution in [0.4, 0.5) is 23.7 Å². The molecule has 0 fully saturated rings. The third-order valence-electron chi connectivity index (χ3n) is 2.06. The Morgan fingerprint density at radius 3 is 2.52 bits per heavy atom. The SMILES string of the molecule is O=C(NCCSC(F)(F)F)Nc1cc(Cl)cc(C(=O)O)c1. The number of carboxylic acid groups (broad SMARTS) is 1. The highest BCUT2D eigenvalue weighted by atomic mass is 35.5. The van der Waals surface area contributed by atoms with E-state index in [4.69, 9.17) is 16.7 Å². The minimum Gasteiger partial charge on any atom is -0.478 e. The molecule has 2 amide bonds. The van der Waals surface area contributed by atoms with Crippen molar-refractivity contribution in [3.63, 3.8) is 0 Å². The quantitative estimate of drug-likeness (QED) is 0.716. The van der Waals surface area contributed by atoms with Crippen LogP contribution in [-0.4, -0.2) is 34.9 Å². The molecular weight excluding hydrogens is 333 g/mol. The molecule has 1 rings (SSSR count). The Kier molecular flexibility index (Phi) is 6.16. The Morgan fingerprint density at radius 1 is 1.29 bits per heavy atom. The molecule has 1 aromatic carbocycles. The van der Waals surface area contributed by atoms with Gasteiger partial charge in [0.25, 0.3) is 0 Å². The molecule has 116 valence electrons. The Balaban J connectivity index is 2.50. The average molecular weight is 343 g/mol. The number of benzene rings is 1. The van der Waals surface area contributed by atoms with E-state index in [0.717, 1.165) is 0 Å². The van der Waals surface area contributed by atoms with Crippen LogP contribution in [0.3, 0.4) is 0 Å². The van der Waals surface area contributed by atoms with E-state index in [1.807, 2.05) is 0 Å². The normalized spacial score (nSPS) is 11.0. The number of amides is 2. The van der Waals surface area contributed by atoms with Crippen molar-refractivity contribution in [3.05, 3.63) is 28.8 Å².